The van der Waals surface area contributed by atoms with E-state index in [4.69, 9.17) is 4.74 Å². The summed E-state index contributed by atoms with van der Waals surface area (Å²) >= 11 is 0. The first kappa shape index (κ1) is 15.4. The lowest BCUT2D eigenvalue weighted by atomic mass is 9.96. The van der Waals surface area contributed by atoms with Gasteiger partial charge in [-0.2, -0.15) is 0 Å². The number of ether oxygens (including phenoxy) is 1. The van der Waals surface area contributed by atoms with Crippen molar-refractivity contribution in [2.45, 2.75) is 17.4 Å². The predicted molar refractivity (Wildman–Crippen MR) is 81.6 cm³/mol. The van der Waals surface area contributed by atoms with Crippen molar-refractivity contribution in [3.05, 3.63) is 77.0 Å². The zero-order chi connectivity index (χ0) is 16.7. The molecule has 0 unspecified atom stereocenters. The van der Waals surface area contributed by atoms with E-state index in [0.717, 1.165) is 18.2 Å². The Balaban J connectivity index is 2.15. The molecule has 3 rings (SSSR count). The van der Waals surface area contributed by atoms with E-state index in [1.165, 1.54) is 19.1 Å². The quantitative estimate of drug-likeness (QED) is 0.640. The maximum atomic E-state index is 13.0. The standard InChI is InChI=1S/C17H13FO4S/c1-17(12-5-3-2-4-6-12)15(11-16(19)22-17)23(20,21)14-9-7-13(18)8-10-14/h2-11H,1H3/t17-/m1/s1. The highest BCUT2D eigenvalue weighted by molar-refractivity contribution is 7.95. The molecule has 0 aromatic heterocycles. The number of esters is 1. The zero-order valence-corrected chi connectivity index (χ0v) is 13.0. The minimum atomic E-state index is -4.00. The summed E-state index contributed by atoms with van der Waals surface area (Å²) in [6.07, 6.45) is 0.978. The normalized spacial score (nSPS) is 21.0. The van der Waals surface area contributed by atoms with Crippen LogP contribution in [-0.2, 0) is 25.0 Å². The molecule has 118 valence electrons. The number of cyclic esters (lactones) is 1. The predicted octanol–water partition coefficient (Wildman–Crippen LogP) is 2.96. The van der Waals surface area contributed by atoms with E-state index < -0.39 is 27.2 Å². The van der Waals surface area contributed by atoms with Crippen LogP contribution in [0.4, 0.5) is 4.39 Å². The number of hydrogen-bond acceptors (Lipinski definition) is 4. The van der Waals surface area contributed by atoms with Gasteiger partial charge in [0.05, 0.1) is 4.90 Å². The lowest BCUT2D eigenvalue weighted by Gasteiger charge is -2.27. The van der Waals surface area contributed by atoms with Crippen LogP contribution in [-0.4, -0.2) is 14.4 Å². The van der Waals surface area contributed by atoms with Gasteiger partial charge in [-0.25, -0.2) is 17.6 Å². The number of hydrogen-bond donors (Lipinski definition) is 0. The number of carbonyl (C=O) groups excluding carboxylic acids is 1. The molecule has 0 saturated heterocycles. The van der Waals surface area contributed by atoms with Crippen LogP contribution in [0, 0.1) is 5.82 Å². The van der Waals surface area contributed by atoms with Crippen LogP contribution in [0.2, 0.25) is 0 Å². The van der Waals surface area contributed by atoms with Gasteiger partial charge in [0.2, 0.25) is 9.84 Å². The van der Waals surface area contributed by atoms with Crippen LogP contribution >= 0.6 is 0 Å². The van der Waals surface area contributed by atoms with E-state index in [0.29, 0.717) is 5.56 Å². The van der Waals surface area contributed by atoms with Crippen molar-refractivity contribution in [3.8, 4) is 0 Å². The zero-order valence-electron chi connectivity index (χ0n) is 12.2. The van der Waals surface area contributed by atoms with E-state index in [9.17, 15) is 17.6 Å². The van der Waals surface area contributed by atoms with Gasteiger partial charge in [-0.3, -0.25) is 0 Å². The SMILES string of the molecule is C[C@]1(c2ccccc2)OC(=O)C=C1S(=O)(=O)c1ccc(F)cc1. The Labute approximate surface area is 133 Å². The first-order valence-electron chi connectivity index (χ1n) is 6.85. The summed E-state index contributed by atoms with van der Waals surface area (Å²) in [4.78, 5) is 11.5. The highest BCUT2D eigenvalue weighted by Crippen LogP contribution is 2.42. The molecule has 1 atom stereocenters. The first-order valence-corrected chi connectivity index (χ1v) is 8.34. The summed E-state index contributed by atoms with van der Waals surface area (Å²) in [5, 5.41) is 0. The van der Waals surface area contributed by atoms with Crippen molar-refractivity contribution < 1.29 is 22.3 Å². The van der Waals surface area contributed by atoms with Crippen LogP contribution < -0.4 is 0 Å². The van der Waals surface area contributed by atoms with Gasteiger partial charge in [-0.15, -0.1) is 0 Å². The molecule has 2 aromatic carbocycles. The summed E-state index contributed by atoms with van der Waals surface area (Å²) in [6.45, 7) is 1.53. The van der Waals surface area contributed by atoms with Gasteiger partial charge in [0.1, 0.15) is 10.7 Å². The molecular formula is C17H13FO4S. The van der Waals surface area contributed by atoms with E-state index in [1.807, 2.05) is 0 Å². The molecule has 23 heavy (non-hydrogen) atoms. The molecular weight excluding hydrogens is 319 g/mol. The number of sulfone groups is 1. The van der Waals surface area contributed by atoms with Crippen LogP contribution in [0.5, 0.6) is 0 Å². The second-order valence-corrected chi connectivity index (χ2v) is 7.20. The smallest absolute Gasteiger partial charge is 0.333 e. The highest BCUT2D eigenvalue weighted by Gasteiger charge is 2.47. The van der Waals surface area contributed by atoms with Gasteiger partial charge in [-0.05, 0) is 31.2 Å². The minimum Gasteiger partial charge on any atom is -0.446 e. The molecule has 6 heteroatoms. The average molecular weight is 332 g/mol. The van der Waals surface area contributed by atoms with Gasteiger partial charge < -0.3 is 4.74 Å². The molecule has 0 amide bonds. The summed E-state index contributed by atoms with van der Waals surface area (Å²) in [5.74, 6) is -1.26. The van der Waals surface area contributed by atoms with Crippen molar-refractivity contribution in [3.63, 3.8) is 0 Å². The fourth-order valence-electron chi connectivity index (χ4n) is 2.56. The maximum Gasteiger partial charge on any atom is 0.333 e. The topological polar surface area (TPSA) is 60.4 Å². The fraction of sp³-hybridized carbons (Fsp3) is 0.118. The van der Waals surface area contributed by atoms with Gasteiger partial charge in [0.25, 0.3) is 0 Å². The van der Waals surface area contributed by atoms with Crippen LogP contribution in [0.25, 0.3) is 0 Å². The summed E-state index contributed by atoms with van der Waals surface area (Å²) in [5.41, 5.74) is -0.867. The molecule has 1 aliphatic heterocycles. The van der Waals surface area contributed by atoms with E-state index in [-0.39, 0.29) is 9.80 Å². The Kier molecular flexibility index (Phi) is 3.56. The molecule has 0 aliphatic carbocycles. The Bertz CT molecular complexity index is 886. The Morgan fingerprint density at radius 1 is 1.00 bits per heavy atom. The number of halogens is 1. The summed E-state index contributed by atoms with van der Waals surface area (Å²) < 4.78 is 44.1. The Morgan fingerprint density at radius 2 is 1.61 bits per heavy atom. The monoisotopic (exact) mass is 332 g/mol. The molecule has 0 N–H and O–H groups in total. The van der Waals surface area contributed by atoms with Gasteiger partial charge in [0, 0.05) is 11.6 Å². The van der Waals surface area contributed by atoms with Crippen molar-refractivity contribution in [1.29, 1.82) is 0 Å². The second-order valence-electron chi connectivity index (χ2n) is 5.29. The molecule has 0 bridgehead atoms. The molecule has 2 aromatic rings. The van der Waals surface area contributed by atoms with Crippen molar-refractivity contribution in [1.82, 2.24) is 0 Å². The van der Waals surface area contributed by atoms with Crippen molar-refractivity contribution in [2.24, 2.45) is 0 Å². The van der Waals surface area contributed by atoms with E-state index in [1.54, 1.807) is 30.3 Å². The van der Waals surface area contributed by atoms with Crippen molar-refractivity contribution in [2.75, 3.05) is 0 Å². The van der Waals surface area contributed by atoms with E-state index >= 15 is 0 Å². The molecule has 0 saturated carbocycles. The van der Waals surface area contributed by atoms with E-state index in [2.05, 4.69) is 0 Å². The summed E-state index contributed by atoms with van der Waals surface area (Å²) in [6, 6.07) is 13.1. The number of rotatable bonds is 3. The second kappa shape index (κ2) is 5.31. The third-order valence-corrected chi connectivity index (χ3v) is 5.74. The third kappa shape index (κ3) is 2.55. The Morgan fingerprint density at radius 3 is 2.22 bits per heavy atom. The molecule has 0 radical (unpaired) electrons. The highest BCUT2D eigenvalue weighted by atomic mass is 32.2. The lowest BCUT2D eigenvalue weighted by Crippen LogP contribution is -2.29. The maximum absolute atomic E-state index is 13.0. The average Bonchev–Trinajstić information content (AvgIpc) is 2.85. The molecule has 1 aliphatic rings. The van der Waals surface area contributed by atoms with Gasteiger partial charge in [-0.1, -0.05) is 30.3 Å². The van der Waals surface area contributed by atoms with Gasteiger partial charge >= 0.3 is 5.97 Å². The fourth-order valence-corrected chi connectivity index (χ4v) is 4.23. The molecule has 0 fully saturated rings. The molecule has 4 nitrogen and oxygen atoms in total. The first-order chi connectivity index (χ1) is 10.8. The number of carbonyl (C=O) groups is 1. The number of benzene rings is 2. The van der Waals surface area contributed by atoms with Crippen LogP contribution in [0.15, 0.2) is 70.5 Å². The summed E-state index contributed by atoms with van der Waals surface area (Å²) in [7, 11) is -4.00. The largest absolute Gasteiger partial charge is 0.446 e. The van der Waals surface area contributed by atoms with Crippen LogP contribution in [0.3, 0.4) is 0 Å². The molecule has 1 heterocycles. The van der Waals surface area contributed by atoms with Gasteiger partial charge in [0.15, 0.2) is 5.60 Å². The lowest BCUT2D eigenvalue weighted by molar-refractivity contribution is -0.145. The molecule has 0 spiro atoms. The third-order valence-electron chi connectivity index (χ3n) is 3.76. The minimum absolute atomic E-state index is 0.0920. The Hall–Kier alpha value is -2.47. The van der Waals surface area contributed by atoms with Crippen molar-refractivity contribution >= 4 is 15.8 Å². The van der Waals surface area contributed by atoms with Crippen LogP contribution in [0.1, 0.15) is 12.5 Å².